The van der Waals surface area contributed by atoms with Crippen molar-refractivity contribution in [1.29, 1.82) is 0 Å². The summed E-state index contributed by atoms with van der Waals surface area (Å²) in [6.45, 7) is 4.23. The first-order valence-corrected chi connectivity index (χ1v) is 9.70. The van der Waals surface area contributed by atoms with Crippen LogP contribution in [0.2, 0.25) is 0 Å². The molecule has 0 aliphatic rings. The minimum atomic E-state index is -0.174. The fourth-order valence-corrected chi connectivity index (χ4v) is 3.48. The molecule has 0 aliphatic heterocycles. The summed E-state index contributed by atoms with van der Waals surface area (Å²) in [6.07, 6.45) is 3.05. The predicted octanol–water partition coefficient (Wildman–Crippen LogP) is 4.70. The maximum Gasteiger partial charge on any atom is 0.306 e. The lowest BCUT2D eigenvalue weighted by Gasteiger charge is -2.06. The second-order valence-electron chi connectivity index (χ2n) is 7.08. The molecule has 0 saturated carbocycles. The van der Waals surface area contributed by atoms with E-state index < -0.39 is 0 Å². The van der Waals surface area contributed by atoms with E-state index >= 15 is 0 Å². The highest BCUT2D eigenvalue weighted by Crippen LogP contribution is 2.27. The highest BCUT2D eigenvalue weighted by Gasteiger charge is 2.14. The monoisotopic (exact) mass is 389 g/mol. The summed E-state index contributed by atoms with van der Waals surface area (Å²) >= 11 is 0. The molecule has 6 nitrogen and oxygen atoms in total. The lowest BCUT2D eigenvalue weighted by Crippen LogP contribution is -2.05. The molecule has 2 heterocycles. The van der Waals surface area contributed by atoms with Crippen LogP contribution in [0.15, 0.2) is 53.2 Å². The van der Waals surface area contributed by atoms with Crippen LogP contribution in [0.3, 0.4) is 0 Å². The van der Waals surface area contributed by atoms with Gasteiger partial charge in [0, 0.05) is 41.7 Å². The first-order chi connectivity index (χ1) is 14.0. The van der Waals surface area contributed by atoms with E-state index in [-0.39, 0.29) is 5.97 Å². The van der Waals surface area contributed by atoms with Crippen LogP contribution in [0.25, 0.3) is 33.7 Å². The summed E-state index contributed by atoms with van der Waals surface area (Å²) in [6, 6.07) is 14.2. The van der Waals surface area contributed by atoms with Crippen LogP contribution in [0.5, 0.6) is 0 Å². The smallest absolute Gasteiger partial charge is 0.306 e. The number of esters is 1. The van der Waals surface area contributed by atoms with Gasteiger partial charge in [0.05, 0.1) is 6.61 Å². The van der Waals surface area contributed by atoms with Gasteiger partial charge in [-0.3, -0.25) is 4.79 Å². The molecule has 0 fully saturated rings. The van der Waals surface area contributed by atoms with Gasteiger partial charge in [-0.05, 0) is 55.7 Å². The number of fused-ring (bicyclic) bond motifs is 1. The Bertz CT molecular complexity index is 1170. The highest BCUT2D eigenvalue weighted by atomic mass is 16.5. The minimum absolute atomic E-state index is 0.174. The number of hydrogen-bond acceptors (Lipinski definition) is 5. The lowest BCUT2D eigenvalue weighted by atomic mass is 10.0. The molecule has 2 aromatic carbocycles. The van der Waals surface area contributed by atoms with Crippen molar-refractivity contribution in [2.45, 2.75) is 26.7 Å². The van der Waals surface area contributed by atoms with Crippen LogP contribution in [0, 0.1) is 6.92 Å². The standard InChI is InChI=1S/C23H23N3O3/c1-4-28-21(27)10-6-16-5-8-19(15(2)13-16)22-24-23(29-25-22)18-7-9-20-17(14-18)11-12-26(20)3/h5,7-9,11-14H,4,6,10H2,1-3H3. The summed E-state index contributed by atoms with van der Waals surface area (Å²) in [5.74, 6) is 0.881. The van der Waals surface area contributed by atoms with Gasteiger partial charge in [-0.2, -0.15) is 4.98 Å². The Hall–Kier alpha value is -3.41. The number of carbonyl (C=O) groups excluding carboxylic acids is 1. The van der Waals surface area contributed by atoms with E-state index in [0.29, 0.717) is 31.2 Å². The van der Waals surface area contributed by atoms with Gasteiger partial charge in [-0.25, -0.2) is 0 Å². The Kier molecular flexibility index (Phi) is 5.16. The third kappa shape index (κ3) is 3.92. The van der Waals surface area contributed by atoms with Crippen molar-refractivity contribution < 1.29 is 14.1 Å². The average molecular weight is 389 g/mol. The third-order valence-corrected chi connectivity index (χ3v) is 5.01. The van der Waals surface area contributed by atoms with Gasteiger partial charge in [-0.15, -0.1) is 0 Å². The molecular weight excluding hydrogens is 366 g/mol. The average Bonchev–Trinajstić information content (AvgIpc) is 3.34. The van der Waals surface area contributed by atoms with Gasteiger partial charge in [0.15, 0.2) is 0 Å². The molecule has 4 aromatic rings. The van der Waals surface area contributed by atoms with Gasteiger partial charge >= 0.3 is 5.97 Å². The molecule has 0 radical (unpaired) electrons. The lowest BCUT2D eigenvalue weighted by molar-refractivity contribution is -0.143. The Morgan fingerprint density at radius 1 is 1.17 bits per heavy atom. The van der Waals surface area contributed by atoms with Gasteiger partial charge in [-0.1, -0.05) is 23.4 Å². The number of ether oxygens (including phenoxy) is 1. The molecule has 0 atom stereocenters. The number of aryl methyl sites for hydroxylation is 3. The molecule has 0 bridgehead atoms. The maximum absolute atomic E-state index is 11.6. The fourth-order valence-electron chi connectivity index (χ4n) is 3.48. The largest absolute Gasteiger partial charge is 0.466 e. The number of benzene rings is 2. The zero-order valence-corrected chi connectivity index (χ0v) is 16.8. The highest BCUT2D eigenvalue weighted by molar-refractivity contribution is 5.84. The summed E-state index contributed by atoms with van der Waals surface area (Å²) in [5, 5.41) is 5.30. The van der Waals surface area contributed by atoms with Crippen LogP contribution < -0.4 is 0 Å². The first kappa shape index (κ1) is 18.9. The SMILES string of the molecule is CCOC(=O)CCc1ccc(-c2noc(-c3ccc4c(ccn4C)c3)n2)c(C)c1. The van der Waals surface area contributed by atoms with Crippen LogP contribution >= 0.6 is 0 Å². The molecule has 29 heavy (non-hydrogen) atoms. The molecule has 2 aromatic heterocycles. The number of hydrogen-bond donors (Lipinski definition) is 0. The van der Waals surface area contributed by atoms with Crippen LogP contribution in [-0.2, 0) is 23.0 Å². The van der Waals surface area contributed by atoms with Crippen LogP contribution in [0.1, 0.15) is 24.5 Å². The normalized spacial score (nSPS) is 11.1. The van der Waals surface area contributed by atoms with Gasteiger partial charge < -0.3 is 13.8 Å². The molecule has 0 unspecified atom stereocenters. The summed E-state index contributed by atoms with van der Waals surface area (Å²) < 4.78 is 12.6. The summed E-state index contributed by atoms with van der Waals surface area (Å²) in [5.41, 5.74) is 5.09. The number of nitrogens with zero attached hydrogens (tertiary/aromatic N) is 3. The minimum Gasteiger partial charge on any atom is -0.466 e. The molecule has 148 valence electrons. The zero-order chi connectivity index (χ0) is 20.4. The molecule has 0 N–H and O–H groups in total. The molecule has 0 amide bonds. The van der Waals surface area contributed by atoms with E-state index in [1.807, 2.05) is 45.3 Å². The van der Waals surface area contributed by atoms with Crippen molar-refractivity contribution in [2.24, 2.45) is 7.05 Å². The van der Waals surface area contributed by atoms with E-state index in [1.165, 1.54) is 0 Å². The molecule has 0 aliphatic carbocycles. The van der Waals surface area contributed by atoms with E-state index in [1.54, 1.807) is 0 Å². The topological polar surface area (TPSA) is 70.2 Å². The Balaban J connectivity index is 1.54. The van der Waals surface area contributed by atoms with E-state index in [2.05, 4.69) is 39.0 Å². The second kappa shape index (κ2) is 7.91. The Morgan fingerprint density at radius 2 is 2.03 bits per heavy atom. The van der Waals surface area contributed by atoms with Crippen molar-refractivity contribution >= 4 is 16.9 Å². The predicted molar refractivity (Wildman–Crippen MR) is 111 cm³/mol. The third-order valence-electron chi connectivity index (χ3n) is 5.01. The fraction of sp³-hybridized carbons (Fsp3) is 0.261. The number of carbonyl (C=O) groups is 1. The van der Waals surface area contributed by atoms with Crippen LogP contribution in [-0.4, -0.2) is 27.3 Å². The van der Waals surface area contributed by atoms with E-state index in [4.69, 9.17) is 9.26 Å². The van der Waals surface area contributed by atoms with Crippen molar-refractivity contribution in [3.63, 3.8) is 0 Å². The Labute approximate surface area is 169 Å². The van der Waals surface area contributed by atoms with Gasteiger partial charge in [0.2, 0.25) is 5.82 Å². The van der Waals surface area contributed by atoms with Crippen molar-refractivity contribution in [2.75, 3.05) is 6.61 Å². The van der Waals surface area contributed by atoms with E-state index in [9.17, 15) is 4.79 Å². The molecule has 6 heteroatoms. The van der Waals surface area contributed by atoms with Gasteiger partial charge in [0.25, 0.3) is 5.89 Å². The van der Waals surface area contributed by atoms with Crippen molar-refractivity contribution in [3.8, 4) is 22.8 Å². The summed E-state index contributed by atoms with van der Waals surface area (Å²) in [4.78, 5) is 16.1. The summed E-state index contributed by atoms with van der Waals surface area (Å²) in [7, 11) is 2.02. The molecule has 4 rings (SSSR count). The second-order valence-corrected chi connectivity index (χ2v) is 7.08. The van der Waals surface area contributed by atoms with Crippen molar-refractivity contribution in [1.82, 2.24) is 14.7 Å². The van der Waals surface area contributed by atoms with Gasteiger partial charge in [0.1, 0.15) is 0 Å². The number of aromatic nitrogens is 3. The molecule has 0 spiro atoms. The molecular formula is C23H23N3O3. The zero-order valence-electron chi connectivity index (χ0n) is 16.8. The maximum atomic E-state index is 11.6. The van der Waals surface area contributed by atoms with E-state index in [0.717, 1.165) is 33.2 Å². The number of rotatable bonds is 6. The first-order valence-electron chi connectivity index (χ1n) is 9.70. The molecule has 0 saturated heterocycles. The van der Waals surface area contributed by atoms with Crippen LogP contribution in [0.4, 0.5) is 0 Å². The van der Waals surface area contributed by atoms with Crippen molar-refractivity contribution in [3.05, 3.63) is 59.8 Å². The quantitative estimate of drug-likeness (QED) is 0.447. The Morgan fingerprint density at radius 3 is 2.83 bits per heavy atom.